The largest absolute Gasteiger partial charge is 0.496 e. The molecule has 1 fully saturated rings. The second kappa shape index (κ2) is 8.44. The van der Waals surface area contributed by atoms with E-state index in [9.17, 15) is 10.1 Å². The van der Waals surface area contributed by atoms with Crippen LogP contribution >= 0.6 is 0 Å². The predicted molar refractivity (Wildman–Crippen MR) is 130 cm³/mol. The number of nitrogens with zero attached hydrogens (tertiary/aromatic N) is 4. The van der Waals surface area contributed by atoms with Gasteiger partial charge in [-0.2, -0.15) is 5.26 Å². The Kier molecular flexibility index (Phi) is 5.31. The van der Waals surface area contributed by atoms with E-state index in [0.717, 1.165) is 34.8 Å². The number of para-hydroxylation sites is 1. The summed E-state index contributed by atoms with van der Waals surface area (Å²) in [4.78, 5) is 19.5. The molecule has 0 saturated heterocycles. The first-order chi connectivity index (χ1) is 16.1. The van der Waals surface area contributed by atoms with Crippen LogP contribution in [0.5, 0.6) is 5.75 Å². The van der Waals surface area contributed by atoms with Crippen molar-refractivity contribution in [2.24, 2.45) is 13.0 Å². The van der Waals surface area contributed by atoms with Gasteiger partial charge in [-0.25, -0.2) is 4.98 Å². The third-order valence-electron chi connectivity index (χ3n) is 6.21. The van der Waals surface area contributed by atoms with E-state index in [4.69, 9.17) is 4.74 Å². The third kappa shape index (κ3) is 3.94. The molecular formula is C27H24N4O2. The van der Waals surface area contributed by atoms with E-state index in [0.29, 0.717) is 22.6 Å². The molecule has 1 saturated carbocycles. The number of methoxy groups -OCH3 is 1. The summed E-state index contributed by atoms with van der Waals surface area (Å²) in [7, 11) is 3.41. The van der Waals surface area contributed by atoms with Gasteiger partial charge < -0.3 is 14.2 Å². The summed E-state index contributed by atoms with van der Waals surface area (Å²) in [5.41, 5.74) is 5.41. The SMILES string of the molecule is COc1ccccc1-c1ccc(N(CC2CC2)c2cc(=O)n(C)c3ccc(C#N)nc23)cc1. The molecule has 0 aliphatic heterocycles. The van der Waals surface area contributed by atoms with Gasteiger partial charge in [0.15, 0.2) is 0 Å². The fourth-order valence-electron chi connectivity index (χ4n) is 4.19. The summed E-state index contributed by atoms with van der Waals surface area (Å²) in [5, 5.41) is 9.40. The summed E-state index contributed by atoms with van der Waals surface area (Å²) < 4.78 is 7.10. The summed E-state index contributed by atoms with van der Waals surface area (Å²) in [6, 6.07) is 23.4. The summed E-state index contributed by atoms with van der Waals surface area (Å²) in [6.45, 7) is 0.800. The second-order valence-electron chi connectivity index (χ2n) is 8.40. The van der Waals surface area contributed by atoms with Gasteiger partial charge in [-0.1, -0.05) is 30.3 Å². The van der Waals surface area contributed by atoms with Gasteiger partial charge in [0.1, 0.15) is 23.0 Å². The molecule has 0 unspecified atom stereocenters. The first kappa shape index (κ1) is 20.8. The molecule has 1 aliphatic rings. The molecule has 0 N–H and O–H groups in total. The van der Waals surface area contributed by atoms with Crippen molar-refractivity contribution in [3.05, 3.63) is 82.8 Å². The minimum absolute atomic E-state index is 0.101. The van der Waals surface area contributed by atoms with Gasteiger partial charge in [-0.3, -0.25) is 4.79 Å². The van der Waals surface area contributed by atoms with Crippen molar-refractivity contribution < 1.29 is 4.74 Å². The minimum atomic E-state index is -0.101. The number of anilines is 2. The van der Waals surface area contributed by atoms with Crippen LogP contribution < -0.4 is 15.2 Å². The molecule has 0 atom stereocenters. The lowest BCUT2D eigenvalue weighted by atomic mass is 10.0. The Bertz CT molecular complexity index is 1430. The van der Waals surface area contributed by atoms with Crippen LogP contribution in [-0.4, -0.2) is 23.2 Å². The van der Waals surface area contributed by atoms with Crippen LogP contribution in [0, 0.1) is 17.2 Å². The monoisotopic (exact) mass is 436 g/mol. The Morgan fingerprint density at radius 2 is 1.88 bits per heavy atom. The molecule has 5 rings (SSSR count). The zero-order valence-corrected chi connectivity index (χ0v) is 18.7. The van der Waals surface area contributed by atoms with Crippen LogP contribution in [0.1, 0.15) is 18.5 Å². The fourth-order valence-corrected chi connectivity index (χ4v) is 4.19. The highest BCUT2D eigenvalue weighted by molar-refractivity contribution is 5.91. The molecule has 164 valence electrons. The highest BCUT2D eigenvalue weighted by Crippen LogP contribution is 2.38. The van der Waals surface area contributed by atoms with Gasteiger partial charge in [0.2, 0.25) is 0 Å². The molecule has 0 bridgehead atoms. The Balaban J connectivity index is 1.63. The van der Waals surface area contributed by atoms with Gasteiger partial charge in [0.25, 0.3) is 5.56 Å². The highest BCUT2D eigenvalue weighted by atomic mass is 16.5. The summed E-state index contributed by atoms with van der Waals surface area (Å²) in [5.74, 6) is 1.41. The van der Waals surface area contributed by atoms with Crippen LogP contribution in [0.3, 0.4) is 0 Å². The molecule has 2 aromatic heterocycles. The van der Waals surface area contributed by atoms with Gasteiger partial charge in [0.05, 0.1) is 18.3 Å². The lowest BCUT2D eigenvalue weighted by Crippen LogP contribution is -2.25. The lowest BCUT2D eigenvalue weighted by molar-refractivity contribution is 0.416. The molecule has 2 aromatic carbocycles. The van der Waals surface area contributed by atoms with Crippen LogP contribution in [0.15, 0.2) is 71.5 Å². The Morgan fingerprint density at radius 1 is 1.12 bits per heavy atom. The van der Waals surface area contributed by atoms with Gasteiger partial charge in [-0.05, 0) is 54.7 Å². The smallest absolute Gasteiger partial charge is 0.252 e. The van der Waals surface area contributed by atoms with Crippen molar-refractivity contribution in [3.8, 4) is 22.9 Å². The van der Waals surface area contributed by atoms with E-state index in [1.807, 2.05) is 24.3 Å². The van der Waals surface area contributed by atoms with Crippen molar-refractivity contribution in [2.75, 3.05) is 18.6 Å². The van der Waals surface area contributed by atoms with Gasteiger partial charge in [0, 0.05) is 30.9 Å². The van der Waals surface area contributed by atoms with E-state index < -0.39 is 0 Å². The molecule has 1 aliphatic carbocycles. The molecule has 0 radical (unpaired) electrons. The standard InChI is InChI=1S/C27H24N4O2/c1-30-23-14-11-20(16-28)29-27(23)24(15-26(30)32)31(17-18-7-8-18)21-12-9-19(10-13-21)22-5-3-4-6-25(22)33-2/h3-6,9-15,18H,7-8,17H2,1-2H3. The number of aromatic nitrogens is 2. The summed E-state index contributed by atoms with van der Waals surface area (Å²) >= 11 is 0. The van der Waals surface area contributed by atoms with Crippen LogP contribution in [0.25, 0.3) is 22.2 Å². The highest BCUT2D eigenvalue weighted by Gasteiger charge is 2.27. The number of hydrogen-bond acceptors (Lipinski definition) is 5. The van der Waals surface area contributed by atoms with Crippen molar-refractivity contribution in [2.45, 2.75) is 12.8 Å². The zero-order valence-electron chi connectivity index (χ0n) is 18.7. The summed E-state index contributed by atoms with van der Waals surface area (Å²) in [6.07, 6.45) is 2.35. The molecule has 0 amide bonds. The van der Waals surface area contributed by atoms with Gasteiger partial charge in [-0.15, -0.1) is 0 Å². The van der Waals surface area contributed by atoms with Crippen molar-refractivity contribution in [1.29, 1.82) is 5.26 Å². The van der Waals surface area contributed by atoms with Crippen molar-refractivity contribution in [1.82, 2.24) is 9.55 Å². The Hall–Kier alpha value is -4.11. The zero-order chi connectivity index (χ0) is 22.9. The predicted octanol–water partition coefficient (Wildman–Crippen LogP) is 5.03. The van der Waals surface area contributed by atoms with E-state index in [-0.39, 0.29) is 5.56 Å². The number of hydrogen-bond donors (Lipinski definition) is 0. The van der Waals surface area contributed by atoms with Gasteiger partial charge >= 0.3 is 0 Å². The number of benzene rings is 2. The number of ether oxygens (including phenoxy) is 1. The quantitative estimate of drug-likeness (QED) is 0.424. The average Bonchev–Trinajstić information content (AvgIpc) is 3.69. The molecule has 0 spiro atoms. The number of rotatable bonds is 6. The number of pyridine rings is 2. The molecule has 4 aromatic rings. The molecule has 2 heterocycles. The maximum Gasteiger partial charge on any atom is 0.252 e. The van der Waals surface area contributed by atoms with E-state index in [2.05, 4.69) is 40.2 Å². The van der Waals surface area contributed by atoms with Crippen molar-refractivity contribution >= 4 is 22.4 Å². The number of fused-ring (bicyclic) bond motifs is 1. The van der Waals surface area contributed by atoms with Crippen molar-refractivity contribution in [3.63, 3.8) is 0 Å². The lowest BCUT2D eigenvalue weighted by Gasteiger charge is -2.26. The van der Waals surface area contributed by atoms with Crippen LogP contribution in [-0.2, 0) is 7.05 Å². The van der Waals surface area contributed by atoms with E-state index in [1.165, 1.54) is 12.8 Å². The maximum absolute atomic E-state index is 12.8. The van der Waals surface area contributed by atoms with Crippen LogP contribution in [0.4, 0.5) is 11.4 Å². The number of aryl methyl sites for hydroxylation is 1. The molecule has 6 heteroatoms. The topological polar surface area (TPSA) is 71.2 Å². The first-order valence-corrected chi connectivity index (χ1v) is 11.0. The normalized spacial score (nSPS) is 13.0. The molecular weight excluding hydrogens is 412 g/mol. The molecule has 6 nitrogen and oxygen atoms in total. The van der Waals surface area contributed by atoms with E-state index >= 15 is 0 Å². The third-order valence-corrected chi connectivity index (χ3v) is 6.21. The number of nitriles is 1. The Morgan fingerprint density at radius 3 is 2.58 bits per heavy atom. The maximum atomic E-state index is 12.8. The average molecular weight is 437 g/mol. The Labute approximate surface area is 192 Å². The first-order valence-electron chi connectivity index (χ1n) is 11.0. The minimum Gasteiger partial charge on any atom is -0.496 e. The second-order valence-corrected chi connectivity index (χ2v) is 8.40. The van der Waals surface area contributed by atoms with Crippen LogP contribution in [0.2, 0.25) is 0 Å². The van der Waals surface area contributed by atoms with E-state index in [1.54, 1.807) is 36.9 Å². The molecule has 33 heavy (non-hydrogen) atoms. The fraction of sp³-hybridized carbons (Fsp3) is 0.222.